The first-order valence-corrected chi connectivity index (χ1v) is 11.1. The van der Waals surface area contributed by atoms with Gasteiger partial charge in [-0.15, -0.1) is 11.3 Å². The van der Waals surface area contributed by atoms with Crippen molar-refractivity contribution in [3.8, 4) is 0 Å². The molecule has 144 valence electrons. The average molecular weight is 406 g/mol. The minimum Gasteiger partial charge on any atom is -0.469 e. The molecule has 8 heteroatoms. The molecule has 1 saturated heterocycles. The lowest BCUT2D eigenvalue weighted by molar-refractivity contribution is -0.148. The van der Waals surface area contributed by atoms with Crippen LogP contribution in [0.15, 0.2) is 5.03 Å². The Morgan fingerprint density at radius 3 is 2.78 bits per heavy atom. The van der Waals surface area contributed by atoms with Gasteiger partial charge in [0.25, 0.3) is 0 Å². The van der Waals surface area contributed by atoms with Crippen LogP contribution in [0.4, 0.5) is 0 Å². The highest BCUT2D eigenvalue weighted by molar-refractivity contribution is 8.00. The molecular weight excluding hydrogens is 382 g/mol. The number of fused-ring (bicyclic) bond motifs is 3. The van der Waals surface area contributed by atoms with Crippen LogP contribution < -0.4 is 0 Å². The van der Waals surface area contributed by atoms with Crippen molar-refractivity contribution < 1.29 is 14.3 Å². The molecule has 6 nitrogen and oxygen atoms in total. The highest BCUT2D eigenvalue weighted by Crippen LogP contribution is 2.40. The van der Waals surface area contributed by atoms with Gasteiger partial charge in [-0.1, -0.05) is 11.8 Å². The topological polar surface area (TPSA) is 72.4 Å². The number of thioether (sulfide) groups is 1. The number of hydrogen-bond donors (Lipinski definition) is 0. The Morgan fingerprint density at radius 2 is 2.04 bits per heavy atom. The molecule has 0 N–H and O–H groups in total. The maximum atomic E-state index is 12.7. The van der Waals surface area contributed by atoms with E-state index in [1.54, 1.807) is 11.3 Å². The molecule has 2 aliphatic rings. The van der Waals surface area contributed by atoms with Gasteiger partial charge in [-0.3, -0.25) is 9.59 Å². The number of nitrogens with zero attached hydrogens (tertiary/aromatic N) is 3. The van der Waals surface area contributed by atoms with Crippen LogP contribution in [0.5, 0.6) is 0 Å². The molecule has 3 heterocycles. The standard InChI is InChI=1S/C19H23N3O3S2/c1-11-20-17(16-13-4-3-5-14(13)27-18(16)21-11)26-10-15(23)22-8-6-12(7-9-22)19(24)25-2/h12H,3-10H2,1-2H3. The summed E-state index contributed by atoms with van der Waals surface area (Å²) < 4.78 is 4.81. The third kappa shape index (κ3) is 3.69. The second-order valence-corrected chi connectivity index (χ2v) is 9.13. The second kappa shape index (κ2) is 7.75. The molecule has 0 saturated carbocycles. The number of aromatic nitrogens is 2. The zero-order valence-electron chi connectivity index (χ0n) is 15.6. The number of aryl methyl sites for hydroxylation is 3. The SMILES string of the molecule is COC(=O)C1CCN(C(=O)CSc2nc(C)nc3sc4c(c23)CCC4)CC1. The molecule has 1 aliphatic carbocycles. The molecule has 1 amide bonds. The highest BCUT2D eigenvalue weighted by Gasteiger charge is 2.28. The fraction of sp³-hybridized carbons (Fsp3) is 0.579. The predicted molar refractivity (Wildman–Crippen MR) is 106 cm³/mol. The monoisotopic (exact) mass is 405 g/mol. The van der Waals surface area contributed by atoms with Crippen LogP contribution in [0.25, 0.3) is 10.2 Å². The van der Waals surface area contributed by atoms with E-state index in [4.69, 9.17) is 4.74 Å². The molecule has 2 aromatic rings. The van der Waals surface area contributed by atoms with Crippen molar-refractivity contribution in [2.24, 2.45) is 5.92 Å². The third-order valence-electron chi connectivity index (χ3n) is 5.36. The minimum atomic E-state index is -0.165. The number of ether oxygens (including phenoxy) is 1. The summed E-state index contributed by atoms with van der Waals surface area (Å²) in [7, 11) is 1.42. The Morgan fingerprint density at radius 1 is 1.26 bits per heavy atom. The Balaban J connectivity index is 1.43. The van der Waals surface area contributed by atoms with Crippen LogP contribution in [-0.2, 0) is 27.2 Å². The lowest BCUT2D eigenvalue weighted by Crippen LogP contribution is -2.41. The van der Waals surface area contributed by atoms with Crippen LogP contribution in [0.2, 0.25) is 0 Å². The van der Waals surface area contributed by atoms with Crippen molar-refractivity contribution in [1.29, 1.82) is 0 Å². The van der Waals surface area contributed by atoms with Crippen molar-refractivity contribution in [2.45, 2.75) is 44.1 Å². The van der Waals surface area contributed by atoms with E-state index in [1.165, 1.54) is 41.1 Å². The number of carbonyl (C=O) groups is 2. The van der Waals surface area contributed by atoms with Gasteiger partial charge in [-0.05, 0) is 44.6 Å². The van der Waals surface area contributed by atoms with Gasteiger partial charge in [-0.25, -0.2) is 9.97 Å². The van der Waals surface area contributed by atoms with Crippen LogP contribution in [0, 0.1) is 12.8 Å². The van der Waals surface area contributed by atoms with Gasteiger partial charge >= 0.3 is 5.97 Å². The number of methoxy groups -OCH3 is 1. The summed E-state index contributed by atoms with van der Waals surface area (Å²) in [5.74, 6) is 1.00. The summed E-state index contributed by atoms with van der Waals surface area (Å²) in [5, 5.41) is 2.11. The smallest absolute Gasteiger partial charge is 0.308 e. The van der Waals surface area contributed by atoms with E-state index in [-0.39, 0.29) is 17.8 Å². The summed E-state index contributed by atoms with van der Waals surface area (Å²) in [6, 6.07) is 0. The Hall–Kier alpha value is -1.67. The second-order valence-electron chi connectivity index (χ2n) is 7.08. The van der Waals surface area contributed by atoms with E-state index in [2.05, 4.69) is 9.97 Å². The van der Waals surface area contributed by atoms with Crippen LogP contribution in [0.3, 0.4) is 0 Å². The first-order valence-electron chi connectivity index (χ1n) is 9.34. The molecule has 0 spiro atoms. The molecule has 0 aromatic carbocycles. The minimum absolute atomic E-state index is 0.0794. The molecule has 27 heavy (non-hydrogen) atoms. The summed E-state index contributed by atoms with van der Waals surface area (Å²) >= 11 is 3.30. The van der Waals surface area contributed by atoms with E-state index in [9.17, 15) is 9.59 Å². The van der Waals surface area contributed by atoms with E-state index in [1.807, 2.05) is 11.8 Å². The van der Waals surface area contributed by atoms with Gasteiger partial charge in [0.15, 0.2) is 0 Å². The first kappa shape index (κ1) is 18.7. The number of piperidine rings is 1. The third-order valence-corrected chi connectivity index (χ3v) is 7.50. The van der Waals surface area contributed by atoms with Crippen molar-refractivity contribution in [3.05, 3.63) is 16.3 Å². The molecular formula is C19H23N3O3S2. The Kier molecular flexibility index (Phi) is 5.36. The van der Waals surface area contributed by atoms with E-state index >= 15 is 0 Å². The maximum Gasteiger partial charge on any atom is 0.308 e. The van der Waals surface area contributed by atoms with Gasteiger partial charge in [0.2, 0.25) is 5.91 Å². The van der Waals surface area contributed by atoms with Crippen LogP contribution >= 0.6 is 23.1 Å². The number of likely N-dealkylation sites (tertiary alicyclic amines) is 1. The quantitative estimate of drug-likeness (QED) is 0.442. The van der Waals surface area contributed by atoms with Gasteiger partial charge in [-0.2, -0.15) is 0 Å². The number of carbonyl (C=O) groups excluding carboxylic acids is 2. The van der Waals surface area contributed by atoms with Gasteiger partial charge < -0.3 is 9.64 Å². The molecule has 1 aliphatic heterocycles. The molecule has 2 aromatic heterocycles. The molecule has 0 unspecified atom stereocenters. The number of hydrogen-bond acceptors (Lipinski definition) is 7. The lowest BCUT2D eigenvalue weighted by Gasteiger charge is -2.30. The van der Waals surface area contributed by atoms with Crippen molar-refractivity contribution in [1.82, 2.24) is 14.9 Å². The molecule has 4 rings (SSSR count). The van der Waals surface area contributed by atoms with E-state index in [0.717, 1.165) is 28.5 Å². The zero-order chi connectivity index (χ0) is 19.0. The molecule has 0 atom stereocenters. The van der Waals surface area contributed by atoms with E-state index in [0.29, 0.717) is 31.7 Å². The zero-order valence-corrected chi connectivity index (χ0v) is 17.3. The summed E-state index contributed by atoms with van der Waals surface area (Å²) in [6.45, 7) is 3.14. The fourth-order valence-electron chi connectivity index (χ4n) is 3.92. The summed E-state index contributed by atoms with van der Waals surface area (Å²) in [5.41, 5.74) is 1.39. The van der Waals surface area contributed by atoms with Crippen molar-refractivity contribution in [2.75, 3.05) is 26.0 Å². The fourth-order valence-corrected chi connectivity index (χ4v) is 6.30. The number of rotatable bonds is 4. The first-order chi connectivity index (χ1) is 13.1. The maximum absolute atomic E-state index is 12.7. The number of thiophene rings is 1. The molecule has 0 bridgehead atoms. The van der Waals surface area contributed by atoms with Gasteiger partial charge in [0, 0.05) is 23.4 Å². The largest absolute Gasteiger partial charge is 0.469 e. The summed E-state index contributed by atoms with van der Waals surface area (Å²) in [6.07, 6.45) is 4.77. The summed E-state index contributed by atoms with van der Waals surface area (Å²) in [4.78, 5) is 37.9. The number of esters is 1. The predicted octanol–water partition coefficient (Wildman–Crippen LogP) is 2.99. The Bertz CT molecular complexity index is 888. The van der Waals surface area contributed by atoms with Crippen LogP contribution in [-0.4, -0.2) is 52.7 Å². The average Bonchev–Trinajstić information content (AvgIpc) is 3.25. The molecule has 0 radical (unpaired) electrons. The van der Waals surface area contributed by atoms with Crippen LogP contribution in [0.1, 0.15) is 35.5 Å². The molecule has 1 fully saturated rings. The Labute approximate surface area is 166 Å². The van der Waals surface area contributed by atoms with Gasteiger partial charge in [0.1, 0.15) is 15.7 Å². The highest BCUT2D eigenvalue weighted by atomic mass is 32.2. The van der Waals surface area contributed by atoms with Gasteiger partial charge in [0.05, 0.1) is 18.8 Å². The lowest BCUT2D eigenvalue weighted by atomic mass is 9.97. The normalized spacial score (nSPS) is 17.3. The van der Waals surface area contributed by atoms with E-state index < -0.39 is 0 Å². The van der Waals surface area contributed by atoms with Crippen molar-refractivity contribution >= 4 is 45.2 Å². The number of amides is 1. The van der Waals surface area contributed by atoms with Crippen molar-refractivity contribution in [3.63, 3.8) is 0 Å².